The Bertz CT molecular complexity index is 664. The second-order valence-corrected chi connectivity index (χ2v) is 5.08. The van der Waals surface area contributed by atoms with Crippen LogP contribution in [0.15, 0.2) is 54.2 Å². The summed E-state index contributed by atoms with van der Waals surface area (Å²) >= 11 is 0. The standard InChI is InChI=1S/C19H20N2O/c1-3-12-22-19-10-6-16(7-11-19)13-18(14-20)21-17-8-4-15(2)5-9-17/h4-11,13,21H,3,12H2,1-2H3. The highest BCUT2D eigenvalue weighted by Crippen LogP contribution is 2.16. The molecular formula is C19H20N2O. The number of benzene rings is 2. The molecule has 0 spiro atoms. The fourth-order valence-electron chi connectivity index (χ4n) is 1.94. The molecule has 2 aromatic carbocycles. The highest BCUT2D eigenvalue weighted by molar-refractivity contribution is 5.64. The number of ether oxygens (including phenoxy) is 1. The molecule has 0 aromatic heterocycles. The molecule has 3 heteroatoms. The predicted molar refractivity (Wildman–Crippen MR) is 90.6 cm³/mol. The smallest absolute Gasteiger partial charge is 0.119 e. The summed E-state index contributed by atoms with van der Waals surface area (Å²) in [5.74, 6) is 0.851. The third-order valence-electron chi connectivity index (χ3n) is 3.11. The van der Waals surface area contributed by atoms with E-state index in [-0.39, 0.29) is 0 Å². The molecule has 2 rings (SSSR count). The summed E-state index contributed by atoms with van der Waals surface area (Å²) < 4.78 is 5.55. The number of nitrogens with one attached hydrogen (secondary N) is 1. The summed E-state index contributed by atoms with van der Waals surface area (Å²) in [7, 11) is 0. The lowest BCUT2D eigenvalue weighted by molar-refractivity contribution is 0.317. The molecule has 0 bridgehead atoms. The summed E-state index contributed by atoms with van der Waals surface area (Å²) in [6, 6.07) is 17.8. The second kappa shape index (κ2) is 7.90. The first kappa shape index (κ1) is 15.7. The third kappa shape index (κ3) is 4.68. The molecule has 0 aliphatic carbocycles. The molecule has 1 N–H and O–H groups in total. The van der Waals surface area contributed by atoms with Crippen LogP contribution in [0.1, 0.15) is 24.5 Å². The summed E-state index contributed by atoms with van der Waals surface area (Å²) in [5, 5.41) is 12.4. The number of rotatable bonds is 6. The molecule has 2 aromatic rings. The van der Waals surface area contributed by atoms with Gasteiger partial charge >= 0.3 is 0 Å². The van der Waals surface area contributed by atoms with Gasteiger partial charge in [0.05, 0.1) is 6.61 Å². The van der Waals surface area contributed by atoms with Gasteiger partial charge in [-0.1, -0.05) is 36.8 Å². The van der Waals surface area contributed by atoms with Crippen molar-refractivity contribution in [2.75, 3.05) is 11.9 Å². The predicted octanol–water partition coefficient (Wildman–Crippen LogP) is 4.76. The number of aryl methyl sites for hydroxylation is 1. The van der Waals surface area contributed by atoms with Gasteiger partial charge in [-0.05, 0) is 49.2 Å². The molecule has 0 amide bonds. The van der Waals surface area contributed by atoms with Gasteiger partial charge in [0.15, 0.2) is 0 Å². The molecule has 3 nitrogen and oxygen atoms in total. The maximum atomic E-state index is 9.27. The van der Waals surface area contributed by atoms with Gasteiger partial charge in [0.2, 0.25) is 0 Å². The lowest BCUT2D eigenvalue weighted by Gasteiger charge is -2.06. The van der Waals surface area contributed by atoms with E-state index in [9.17, 15) is 5.26 Å². The van der Waals surface area contributed by atoms with Gasteiger partial charge in [-0.3, -0.25) is 0 Å². The quantitative estimate of drug-likeness (QED) is 0.781. The summed E-state index contributed by atoms with van der Waals surface area (Å²) in [6.07, 6.45) is 2.81. The zero-order chi connectivity index (χ0) is 15.8. The topological polar surface area (TPSA) is 45.0 Å². The van der Waals surface area contributed by atoms with Gasteiger partial charge in [0, 0.05) is 5.69 Å². The van der Waals surface area contributed by atoms with Crippen LogP contribution in [-0.2, 0) is 0 Å². The molecule has 0 saturated heterocycles. The van der Waals surface area contributed by atoms with Gasteiger partial charge in [-0.2, -0.15) is 5.26 Å². The van der Waals surface area contributed by atoms with E-state index in [1.54, 1.807) is 0 Å². The van der Waals surface area contributed by atoms with Crippen molar-refractivity contribution in [1.82, 2.24) is 0 Å². The summed E-state index contributed by atoms with van der Waals surface area (Å²) in [6.45, 7) is 4.83. The zero-order valence-corrected chi connectivity index (χ0v) is 13.0. The zero-order valence-electron chi connectivity index (χ0n) is 13.0. The van der Waals surface area contributed by atoms with E-state index in [4.69, 9.17) is 4.74 Å². The lowest BCUT2D eigenvalue weighted by atomic mass is 10.1. The lowest BCUT2D eigenvalue weighted by Crippen LogP contribution is -1.97. The van der Waals surface area contributed by atoms with Crippen molar-refractivity contribution in [1.29, 1.82) is 5.26 Å². The Labute approximate surface area is 131 Å². The average Bonchev–Trinajstić information content (AvgIpc) is 2.55. The minimum Gasteiger partial charge on any atom is -0.494 e. The van der Waals surface area contributed by atoms with Gasteiger partial charge in [0.1, 0.15) is 17.5 Å². The van der Waals surface area contributed by atoms with Crippen LogP contribution in [0.25, 0.3) is 6.08 Å². The van der Waals surface area contributed by atoms with Crippen molar-refractivity contribution in [2.45, 2.75) is 20.3 Å². The monoisotopic (exact) mass is 292 g/mol. The van der Waals surface area contributed by atoms with Crippen molar-refractivity contribution in [3.8, 4) is 11.8 Å². The first-order chi connectivity index (χ1) is 10.7. The normalized spacial score (nSPS) is 10.9. The Morgan fingerprint density at radius 1 is 1.14 bits per heavy atom. The molecule has 0 atom stereocenters. The van der Waals surface area contributed by atoms with E-state index in [2.05, 4.69) is 18.3 Å². The molecular weight excluding hydrogens is 272 g/mol. The number of hydrogen-bond donors (Lipinski definition) is 1. The Balaban J connectivity index is 2.08. The minimum absolute atomic E-state index is 0.506. The molecule has 0 unspecified atom stereocenters. The van der Waals surface area contributed by atoms with E-state index >= 15 is 0 Å². The van der Waals surface area contributed by atoms with E-state index in [0.717, 1.165) is 23.4 Å². The third-order valence-corrected chi connectivity index (χ3v) is 3.11. The van der Waals surface area contributed by atoms with Crippen LogP contribution < -0.4 is 10.1 Å². The SMILES string of the molecule is CCCOc1ccc(C=C(C#N)Nc2ccc(C)cc2)cc1. The maximum Gasteiger partial charge on any atom is 0.119 e. The number of nitrogens with zero attached hydrogens (tertiary/aromatic N) is 1. The Morgan fingerprint density at radius 2 is 1.82 bits per heavy atom. The molecule has 0 aliphatic heterocycles. The first-order valence-electron chi connectivity index (χ1n) is 7.39. The maximum absolute atomic E-state index is 9.27. The van der Waals surface area contributed by atoms with Gasteiger partial charge in [-0.25, -0.2) is 0 Å². The van der Waals surface area contributed by atoms with Crippen molar-refractivity contribution < 1.29 is 4.74 Å². The highest BCUT2D eigenvalue weighted by Gasteiger charge is 1.99. The fraction of sp³-hybridized carbons (Fsp3) is 0.211. The van der Waals surface area contributed by atoms with Crippen LogP contribution in [-0.4, -0.2) is 6.61 Å². The number of nitriles is 1. The van der Waals surface area contributed by atoms with E-state index in [0.29, 0.717) is 12.3 Å². The summed E-state index contributed by atoms with van der Waals surface area (Å²) in [4.78, 5) is 0. The molecule has 0 saturated carbocycles. The minimum atomic E-state index is 0.506. The average molecular weight is 292 g/mol. The molecule has 0 fully saturated rings. The Morgan fingerprint density at radius 3 is 2.41 bits per heavy atom. The molecule has 0 radical (unpaired) electrons. The van der Waals surface area contributed by atoms with E-state index in [1.807, 2.05) is 61.5 Å². The van der Waals surface area contributed by atoms with Crippen molar-refractivity contribution in [2.24, 2.45) is 0 Å². The van der Waals surface area contributed by atoms with Gasteiger partial charge in [-0.15, -0.1) is 0 Å². The van der Waals surface area contributed by atoms with Gasteiger partial charge in [0.25, 0.3) is 0 Å². The number of anilines is 1. The van der Waals surface area contributed by atoms with Crippen LogP contribution in [0.3, 0.4) is 0 Å². The van der Waals surface area contributed by atoms with Crippen molar-refractivity contribution >= 4 is 11.8 Å². The van der Waals surface area contributed by atoms with Crippen LogP contribution in [0.4, 0.5) is 5.69 Å². The molecule has 0 heterocycles. The molecule has 0 aliphatic rings. The van der Waals surface area contributed by atoms with Crippen LogP contribution in [0.5, 0.6) is 5.75 Å². The molecule has 22 heavy (non-hydrogen) atoms. The largest absolute Gasteiger partial charge is 0.494 e. The number of allylic oxidation sites excluding steroid dienone is 1. The summed E-state index contributed by atoms with van der Waals surface area (Å²) in [5.41, 5.74) is 3.56. The van der Waals surface area contributed by atoms with E-state index < -0.39 is 0 Å². The van der Waals surface area contributed by atoms with Gasteiger partial charge < -0.3 is 10.1 Å². The molecule has 112 valence electrons. The fourth-order valence-corrected chi connectivity index (χ4v) is 1.94. The van der Waals surface area contributed by atoms with Crippen molar-refractivity contribution in [3.05, 3.63) is 65.4 Å². The Kier molecular flexibility index (Phi) is 5.62. The second-order valence-electron chi connectivity index (χ2n) is 5.08. The first-order valence-corrected chi connectivity index (χ1v) is 7.39. The highest BCUT2D eigenvalue weighted by atomic mass is 16.5. The van der Waals surface area contributed by atoms with Crippen LogP contribution in [0, 0.1) is 18.3 Å². The van der Waals surface area contributed by atoms with Crippen LogP contribution >= 0.6 is 0 Å². The van der Waals surface area contributed by atoms with E-state index in [1.165, 1.54) is 5.56 Å². The number of hydrogen-bond acceptors (Lipinski definition) is 3. The Hall–Kier alpha value is -2.73. The van der Waals surface area contributed by atoms with Crippen LogP contribution in [0.2, 0.25) is 0 Å². The van der Waals surface area contributed by atoms with Crippen molar-refractivity contribution in [3.63, 3.8) is 0 Å².